The quantitative estimate of drug-likeness (QED) is 0.639. The van der Waals surface area contributed by atoms with Gasteiger partial charge in [-0.2, -0.15) is 0 Å². The maximum Gasteiger partial charge on any atom is 0.304 e. The first kappa shape index (κ1) is 13.8. The standard InChI is InChI=1S/C11H15N3O4S/c1-7(15)9-5-8(14(17)18)11(19-9)13-4-2-3-12-10(16)6-13/h5,7,15H,2-4,6H2,1H3,(H,12,16). The van der Waals surface area contributed by atoms with Crippen molar-refractivity contribution in [1.29, 1.82) is 0 Å². The van der Waals surface area contributed by atoms with Crippen LogP contribution in [0.25, 0.3) is 0 Å². The van der Waals surface area contributed by atoms with Crippen LogP contribution in [0, 0.1) is 10.1 Å². The first-order valence-corrected chi connectivity index (χ1v) is 6.78. The fourth-order valence-electron chi connectivity index (χ4n) is 1.93. The van der Waals surface area contributed by atoms with Crippen molar-refractivity contribution in [2.75, 3.05) is 24.5 Å². The molecule has 1 aromatic rings. The Balaban J connectivity index is 2.36. The van der Waals surface area contributed by atoms with Crippen LogP contribution in [0.3, 0.4) is 0 Å². The van der Waals surface area contributed by atoms with Crippen molar-refractivity contribution in [3.05, 3.63) is 21.1 Å². The summed E-state index contributed by atoms with van der Waals surface area (Å²) in [6, 6.07) is 1.38. The van der Waals surface area contributed by atoms with Crippen LogP contribution < -0.4 is 10.2 Å². The molecule has 0 saturated carbocycles. The van der Waals surface area contributed by atoms with Crippen LogP contribution in [-0.4, -0.2) is 35.6 Å². The maximum atomic E-state index is 11.5. The summed E-state index contributed by atoms with van der Waals surface area (Å²) < 4.78 is 0. The highest BCUT2D eigenvalue weighted by Crippen LogP contribution is 2.40. The van der Waals surface area contributed by atoms with Gasteiger partial charge in [0.2, 0.25) is 5.91 Å². The van der Waals surface area contributed by atoms with E-state index in [2.05, 4.69) is 5.32 Å². The second-order valence-electron chi connectivity index (χ2n) is 4.40. The Morgan fingerprint density at radius 1 is 1.63 bits per heavy atom. The number of rotatable bonds is 3. The first-order chi connectivity index (χ1) is 8.99. The van der Waals surface area contributed by atoms with E-state index in [0.717, 1.165) is 6.42 Å². The van der Waals surface area contributed by atoms with Crippen LogP contribution in [0.15, 0.2) is 6.07 Å². The van der Waals surface area contributed by atoms with Crippen molar-refractivity contribution in [2.45, 2.75) is 19.4 Å². The predicted molar refractivity (Wildman–Crippen MR) is 71.4 cm³/mol. The van der Waals surface area contributed by atoms with Crippen molar-refractivity contribution in [2.24, 2.45) is 0 Å². The van der Waals surface area contributed by atoms with E-state index in [4.69, 9.17) is 0 Å². The fourth-order valence-corrected chi connectivity index (χ4v) is 3.02. The molecule has 0 spiro atoms. The molecule has 19 heavy (non-hydrogen) atoms. The number of aliphatic hydroxyl groups excluding tert-OH is 1. The van der Waals surface area contributed by atoms with Crippen molar-refractivity contribution < 1.29 is 14.8 Å². The Hall–Kier alpha value is -1.67. The van der Waals surface area contributed by atoms with Gasteiger partial charge in [0.05, 0.1) is 17.6 Å². The van der Waals surface area contributed by atoms with Crippen molar-refractivity contribution in [3.8, 4) is 0 Å². The maximum absolute atomic E-state index is 11.5. The summed E-state index contributed by atoms with van der Waals surface area (Å²) in [5.41, 5.74) is -0.0457. The number of hydrogen-bond donors (Lipinski definition) is 2. The van der Waals surface area contributed by atoms with E-state index >= 15 is 0 Å². The highest BCUT2D eigenvalue weighted by atomic mass is 32.1. The topological polar surface area (TPSA) is 95.7 Å². The molecule has 1 aliphatic heterocycles. The fraction of sp³-hybridized carbons (Fsp3) is 0.545. The smallest absolute Gasteiger partial charge is 0.304 e. The third-order valence-electron chi connectivity index (χ3n) is 2.87. The molecule has 8 heteroatoms. The highest BCUT2D eigenvalue weighted by molar-refractivity contribution is 7.16. The van der Waals surface area contributed by atoms with Gasteiger partial charge in [0.1, 0.15) is 0 Å². The van der Waals surface area contributed by atoms with Gasteiger partial charge in [0, 0.05) is 24.0 Å². The van der Waals surface area contributed by atoms with Gasteiger partial charge in [0.25, 0.3) is 0 Å². The van der Waals surface area contributed by atoms with E-state index in [1.165, 1.54) is 17.4 Å². The van der Waals surface area contributed by atoms with Crippen molar-refractivity contribution >= 4 is 27.9 Å². The van der Waals surface area contributed by atoms with E-state index in [0.29, 0.717) is 23.0 Å². The van der Waals surface area contributed by atoms with Gasteiger partial charge >= 0.3 is 5.69 Å². The van der Waals surface area contributed by atoms with Crippen LogP contribution in [-0.2, 0) is 4.79 Å². The van der Waals surface area contributed by atoms with Crippen LogP contribution in [0.4, 0.5) is 10.7 Å². The number of nitro groups is 1. The molecule has 0 radical (unpaired) electrons. The summed E-state index contributed by atoms with van der Waals surface area (Å²) in [5.74, 6) is -0.140. The molecule has 1 amide bonds. The number of carbonyl (C=O) groups is 1. The molecule has 0 aromatic carbocycles. The lowest BCUT2D eigenvalue weighted by atomic mass is 10.3. The molecule has 1 saturated heterocycles. The number of nitrogens with one attached hydrogen (secondary N) is 1. The Morgan fingerprint density at radius 2 is 2.37 bits per heavy atom. The lowest BCUT2D eigenvalue weighted by molar-refractivity contribution is -0.383. The Labute approximate surface area is 114 Å². The average Bonchev–Trinajstić information content (AvgIpc) is 2.68. The molecule has 1 aromatic heterocycles. The zero-order chi connectivity index (χ0) is 14.0. The Bertz CT molecular complexity index is 500. The van der Waals surface area contributed by atoms with Gasteiger partial charge in [-0.15, -0.1) is 11.3 Å². The number of aliphatic hydroxyl groups is 1. The monoisotopic (exact) mass is 285 g/mol. The number of amides is 1. The zero-order valence-electron chi connectivity index (χ0n) is 10.5. The number of thiophene rings is 1. The summed E-state index contributed by atoms with van der Waals surface area (Å²) in [4.78, 5) is 24.4. The van der Waals surface area contributed by atoms with Gasteiger partial charge in [-0.1, -0.05) is 0 Å². The molecule has 104 valence electrons. The summed E-state index contributed by atoms with van der Waals surface area (Å²) in [5, 5.41) is 23.8. The first-order valence-electron chi connectivity index (χ1n) is 5.97. The number of carbonyl (C=O) groups excluding carboxylic acids is 1. The van der Waals surface area contributed by atoms with Crippen LogP contribution in [0.2, 0.25) is 0 Å². The summed E-state index contributed by atoms with van der Waals surface area (Å²) in [6.45, 7) is 2.84. The normalized spacial score (nSPS) is 17.8. The Morgan fingerprint density at radius 3 is 3.00 bits per heavy atom. The summed E-state index contributed by atoms with van der Waals surface area (Å²) >= 11 is 1.17. The van der Waals surface area contributed by atoms with Gasteiger partial charge in [-0.05, 0) is 13.3 Å². The number of hydrogen-bond acceptors (Lipinski definition) is 6. The van der Waals surface area contributed by atoms with Crippen LogP contribution in [0.1, 0.15) is 24.3 Å². The second kappa shape index (κ2) is 5.54. The van der Waals surface area contributed by atoms with E-state index in [-0.39, 0.29) is 18.1 Å². The SMILES string of the molecule is CC(O)c1cc([N+](=O)[O-])c(N2CCCNC(=O)C2)s1. The van der Waals surface area contributed by atoms with Gasteiger partial charge in [-0.25, -0.2) is 0 Å². The Kier molecular flexibility index (Phi) is 4.01. The largest absolute Gasteiger partial charge is 0.388 e. The van der Waals surface area contributed by atoms with Crippen LogP contribution >= 0.6 is 11.3 Å². The van der Waals surface area contributed by atoms with Gasteiger partial charge in [0.15, 0.2) is 5.00 Å². The molecular weight excluding hydrogens is 270 g/mol. The number of nitrogens with zero attached hydrogens (tertiary/aromatic N) is 2. The summed E-state index contributed by atoms with van der Waals surface area (Å²) in [7, 11) is 0. The second-order valence-corrected chi connectivity index (χ2v) is 5.46. The third kappa shape index (κ3) is 3.02. The van der Waals surface area contributed by atoms with E-state index in [1.807, 2.05) is 0 Å². The predicted octanol–water partition coefficient (Wildman–Crippen LogP) is 1.04. The molecule has 0 aliphatic carbocycles. The van der Waals surface area contributed by atoms with Crippen molar-refractivity contribution in [1.82, 2.24) is 5.32 Å². The third-order valence-corrected chi connectivity index (χ3v) is 4.23. The average molecular weight is 285 g/mol. The lowest BCUT2D eigenvalue weighted by Crippen LogP contribution is -2.32. The minimum atomic E-state index is -0.752. The zero-order valence-corrected chi connectivity index (χ0v) is 11.3. The lowest BCUT2D eigenvalue weighted by Gasteiger charge is -2.18. The molecule has 1 aliphatic rings. The van der Waals surface area contributed by atoms with E-state index in [9.17, 15) is 20.0 Å². The van der Waals surface area contributed by atoms with Gasteiger partial charge in [-0.3, -0.25) is 14.9 Å². The van der Waals surface area contributed by atoms with Crippen molar-refractivity contribution in [3.63, 3.8) is 0 Å². The van der Waals surface area contributed by atoms with Crippen LogP contribution in [0.5, 0.6) is 0 Å². The van der Waals surface area contributed by atoms with E-state index < -0.39 is 11.0 Å². The molecular formula is C11H15N3O4S. The molecule has 1 fully saturated rings. The molecule has 2 N–H and O–H groups in total. The molecule has 2 heterocycles. The molecule has 2 rings (SSSR count). The van der Waals surface area contributed by atoms with E-state index in [1.54, 1.807) is 11.8 Å². The molecule has 1 unspecified atom stereocenters. The molecule has 0 bridgehead atoms. The molecule has 1 atom stereocenters. The number of anilines is 1. The highest BCUT2D eigenvalue weighted by Gasteiger charge is 2.27. The minimum absolute atomic E-state index is 0.0457. The molecule has 7 nitrogen and oxygen atoms in total. The summed E-state index contributed by atoms with van der Waals surface area (Å²) in [6.07, 6.45) is -0.0107. The minimum Gasteiger partial charge on any atom is -0.388 e. The van der Waals surface area contributed by atoms with Gasteiger partial charge < -0.3 is 15.3 Å².